The van der Waals surface area contributed by atoms with E-state index in [1.54, 1.807) is 0 Å². The van der Waals surface area contributed by atoms with Crippen LogP contribution in [-0.4, -0.2) is 34.9 Å². The van der Waals surface area contributed by atoms with Gasteiger partial charge in [-0.05, 0) is 55.0 Å². The summed E-state index contributed by atoms with van der Waals surface area (Å²) in [7, 11) is 0. The van der Waals surface area contributed by atoms with E-state index in [0.717, 1.165) is 30.7 Å². The van der Waals surface area contributed by atoms with E-state index < -0.39 is 0 Å². The predicted octanol–water partition coefficient (Wildman–Crippen LogP) is 5.37. The molecule has 1 aromatic carbocycles. The number of H-pyrrole nitrogens is 1. The lowest BCUT2D eigenvalue weighted by atomic mass is 9.97. The number of carbonyl (C=O) groups excluding carboxylic acids is 1. The van der Waals surface area contributed by atoms with Gasteiger partial charge in [-0.25, -0.2) is 0 Å². The molecule has 140 valence electrons. The third-order valence-corrected chi connectivity index (χ3v) is 6.21. The number of fused-ring (bicyclic) bond motifs is 1. The van der Waals surface area contributed by atoms with Crippen LogP contribution < -0.4 is 5.32 Å². The first-order valence-corrected chi connectivity index (χ1v) is 10.5. The second kappa shape index (κ2) is 7.71. The predicted molar refractivity (Wildman–Crippen MR) is 114 cm³/mol. The van der Waals surface area contributed by atoms with Gasteiger partial charge in [-0.3, -0.25) is 9.69 Å². The number of anilines is 1. The maximum Gasteiger partial charge on any atom is 0.256 e. The van der Waals surface area contributed by atoms with Gasteiger partial charge in [0.2, 0.25) is 0 Å². The lowest BCUT2D eigenvalue weighted by Gasteiger charge is -2.31. The smallest absolute Gasteiger partial charge is 0.256 e. The van der Waals surface area contributed by atoms with Gasteiger partial charge >= 0.3 is 0 Å². The van der Waals surface area contributed by atoms with E-state index in [4.69, 9.17) is 0 Å². The lowest BCUT2D eigenvalue weighted by Crippen LogP contribution is -2.35. The first kappa shape index (κ1) is 18.0. The van der Waals surface area contributed by atoms with E-state index in [-0.39, 0.29) is 5.91 Å². The van der Waals surface area contributed by atoms with Crippen LogP contribution in [0.1, 0.15) is 42.6 Å². The number of nitrogens with one attached hydrogen (secondary N) is 2. The fourth-order valence-corrected chi connectivity index (χ4v) is 4.28. The Morgan fingerprint density at radius 1 is 1.37 bits per heavy atom. The van der Waals surface area contributed by atoms with Crippen LogP contribution in [-0.2, 0) is 0 Å². The van der Waals surface area contributed by atoms with Gasteiger partial charge in [0.1, 0.15) is 0 Å². The van der Waals surface area contributed by atoms with Crippen molar-refractivity contribution >= 4 is 39.4 Å². The number of rotatable bonds is 5. The van der Waals surface area contributed by atoms with Crippen LogP contribution >= 0.6 is 11.3 Å². The number of benzene rings is 1. The summed E-state index contributed by atoms with van der Waals surface area (Å²) in [5.74, 6) is -0.0613. The van der Waals surface area contributed by atoms with Crippen molar-refractivity contribution in [3.63, 3.8) is 0 Å². The number of nitrogens with zero attached hydrogens (tertiary/aromatic N) is 1. The van der Waals surface area contributed by atoms with Crippen LogP contribution in [0.15, 0.2) is 47.3 Å². The number of hydrogen-bond donors (Lipinski definition) is 2. The highest BCUT2D eigenvalue weighted by Gasteiger charge is 2.18. The van der Waals surface area contributed by atoms with Gasteiger partial charge in [0.05, 0.1) is 5.56 Å². The number of carbonyl (C=O) groups is 1. The molecule has 4 nitrogen and oxygen atoms in total. The standard InChI is InChI=1S/C22H25N3OS/c1-3-15(2)25-9-6-16(7-10-25)20-13-23-21-5-4-18(12-19(20)21)24-22(26)17-8-11-27-14-17/h4-6,8,11-15,23H,3,7,9-10H2,1-2H3,(H,24,26). The van der Waals surface area contributed by atoms with Crippen molar-refractivity contribution in [2.24, 2.45) is 0 Å². The summed E-state index contributed by atoms with van der Waals surface area (Å²) in [6, 6.07) is 8.54. The number of amides is 1. The normalized spacial score (nSPS) is 16.3. The van der Waals surface area contributed by atoms with Crippen molar-refractivity contribution in [3.8, 4) is 0 Å². The maximum absolute atomic E-state index is 12.3. The van der Waals surface area contributed by atoms with E-state index in [9.17, 15) is 4.79 Å². The molecular formula is C22H25N3OS. The van der Waals surface area contributed by atoms with Gasteiger partial charge in [-0.1, -0.05) is 13.0 Å². The molecule has 0 aliphatic carbocycles. The molecule has 3 heterocycles. The van der Waals surface area contributed by atoms with E-state index >= 15 is 0 Å². The van der Waals surface area contributed by atoms with E-state index in [1.807, 2.05) is 29.0 Å². The summed E-state index contributed by atoms with van der Waals surface area (Å²) >= 11 is 1.53. The molecule has 1 atom stereocenters. The highest BCUT2D eigenvalue weighted by molar-refractivity contribution is 7.08. The molecule has 4 rings (SSSR count). The molecule has 0 radical (unpaired) electrons. The number of aromatic amines is 1. The minimum absolute atomic E-state index is 0.0613. The molecule has 27 heavy (non-hydrogen) atoms. The molecule has 1 unspecified atom stereocenters. The zero-order valence-corrected chi connectivity index (χ0v) is 16.6. The average molecular weight is 380 g/mol. The van der Waals surface area contributed by atoms with Crippen LogP contribution in [0.4, 0.5) is 5.69 Å². The summed E-state index contributed by atoms with van der Waals surface area (Å²) in [6.07, 6.45) is 6.70. The van der Waals surface area contributed by atoms with Crippen LogP contribution in [0, 0.1) is 0 Å². The molecule has 0 saturated carbocycles. The third kappa shape index (κ3) is 3.70. The molecule has 0 saturated heterocycles. The Bertz CT molecular complexity index is 971. The lowest BCUT2D eigenvalue weighted by molar-refractivity contribution is 0.102. The second-order valence-corrected chi connectivity index (χ2v) is 7.94. The van der Waals surface area contributed by atoms with Crippen LogP contribution in [0.3, 0.4) is 0 Å². The fourth-order valence-electron chi connectivity index (χ4n) is 3.65. The summed E-state index contributed by atoms with van der Waals surface area (Å²) in [5, 5.41) is 7.96. The Hall–Kier alpha value is -2.37. The highest BCUT2D eigenvalue weighted by Crippen LogP contribution is 2.31. The van der Waals surface area contributed by atoms with Crippen molar-refractivity contribution in [3.05, 3.63) is 58.4 Å². The van der Waals surface area contributed by atoms with Gasteiger partial charge in [0, 0.05) is 52.9 Å². The number of aromatic nitrogens is 1. The molecule has 5 heteroatoms. The Kier molecular flexibility index (Phi) is 5.14. The van der Waals surface area contributed by atoms with Gasteiger partial charge in [0.15, 0.2) is 0 Å². The molecule has 0 spiro atoms. The van der Waals surface area contributed by atoms with Gasteiger partial charge in [-0.15, -0.1) is 0 Å². The van der Waals surface area contributed by atoms with Crippen molar-refractivity contribution < 1.29 is 4.79 Å². The summed E-state index contributed by atoms with van der Waals surface area (Å²) in [5.41, 5.74) is 5.28. The quantitative estimate of drug-likeness (QED) is 0.626. The van der Waals surface area contributed by atoms with Crippen molar-refractivity contribution in [2.75, 3.05) is 18.4 Å². The first-order chi connectivity index (χ1) is 13.2. The molecular weight excluding hydrogens is 354 g/mol. The van der Waals surface area contributed by atoms with Gasteiger partial charge in [0.25, 0.3) is 5.91 Å². The molecule has 1 amide bonds. The Balaban J connectivity index is 1.58. The average Bonchev–Trinajstić information content (AvgIpc) is 3.37. The molecule has 3 aromatic rings. The number of thiophene rings is 1. The van der Waals surface area contributed by atoms with E-state index in [0.29, 0.717) is 11.6 Å². The minimum atomic E-state index is -0.0613. The molecule has 0 fully saturated rings. The zero-order chi connectivity index (χ0) is 18.8. The van der Waals surface area contributed by atoms with Crippen LogP contribution in [0.25, 0.3) is 16.5 Å². The fraction of sp³-hybridized carbons (Fsp3) is 0.318. The van der Waals surface area contributed by atoms with Crippen molar-refractivity contribution in [1.29, 1.82) is 0 Å². The number of hydrogen-bond acceptors (Lipinski definition) is 3. The summed E-state index contributed by atoms with van der Waals surface area (Å²) in [4.78, 5) is 18.2. The molecule has 2 aromatic heterocycles. The third-order valence-electron chi connectivity index (χ3n) is 5.52. The van der Waals surface area contributed by atoms with E-state index in [1.165, 1.54) is 34.3 Å². The van der Waals surface area contributed by atoms with Crippen LogP contribution in [0.2, 0.25) is 0 Å². The zero-order valence-electron chi connectivity index (χ0n) is 15.8. The van der Waals surface area contributed by atoms with Crippen molar-refractivity contribution in [1.82, 2.24) is 9.88 Å². The Morgan fingerprint density at radius 2 is 2.26 bits per heavy atom. The molecule has 1 aliphatic rings. The topological polar surface area (TPSA) is 48.1 Å². The van der Waals surface area contributed by atoms with Crippen LogP contribution in [0.5, 0.6) is 0 Å². The monoisotopic (exact) mass is 379 g/mol. The minimum Gasteiger partial charge on any atom is -0.361 e. The largest absolute Gasteiger partial charge is 0.361 e. The van der Waals surface area contributed by atoms with Gasteiger partial charge in [-0.2, -0.15) is 11.3 Å². The summed E-state index contributed by atoms with van der Waals surface area (Å²) in [6.45, 7) is 6.65. The molecule has 1 aliphatic heterocycles. The van der Waals surface area contributed by atoms with Crippen molar-refractivity contribution in [2.45, 2.75) is 32.7 Å². The highest BCUT2D eigenvalue weighted by atomic mass is 32.1. The molecule has 0 bridgehead atoms. The Morgan fingerprint density at radius 3 is 2.96 bits per heavy atom. The second-order valence-electron chi connectivity index (χ2n) is 7.16. The SMILES string of the molecule is CCC(C)N1CC=C(c2c[nH]c3ccc(NC(=O)c4ccsc4)cc23)CC1. The summed E-state index contributed by atoms with van der Waals surface area (Å²) < 4.78 is 0. The first-order valence-electron chi connectivity index (χ1n) is 9.54. The van der Waals surface area contributed by atoms with Gasteiger partial charge < -0.3 is 10.3 Å². The van der Waals surface area contributed by atoms with E-state index in [2.05, 4.69) is 47.4 Å². The maximum atomic E-state index is 12.3. The molecule has 2 N–H and O–H groups in total. The Labute approximate surface area is 163 Å².